The first-order chi connectivity index (χ1) is 8.54. The van der Waals surface area contributed by atoms with Crippen molar-refractivity contribution in [1.29, 1.82) is 0 Å². The van der Waals surface area contributed by atoms with Gasteiger partial charge in [-0.25, -0.2) is 9.59 Å². The average Bonchev–Trinajstić information content (AvgIpc) is 2.32. The van der Waals surface area contributed by atoms with Crippen molar-refractivity contribution in [2.24, 2.45) is 5.92 Å². The van der Waals surface area contributed by atoms with Crippen molar-refractivity contribution in [1.82, 2.24) is 10.6 Å². The lowest BCUT2D eigenvalue weighted by atomic mass is 9.86. The van der Waals surface area contributed by atoms with Crippen molar-refractivity contribution in [2.75, 3.05) is 13.7 Å². The minimum absolute atomic E-state index is 0.0290. The highest BCUT2D eigenvalue weighted by atomic mass is 16.5. The molecule has 0 saturated heterocycles. The molecule has 0 bridgehead atoms. The first-order valence-corrected chi connectivity index (χ1v) is 6.34. The molecule has 2 amide bonds. The summed E-state index contributed by atoms with van der Waals surface area (Å²) < 4.78 is 4.73. The zero-order valence-electron chi connectivity index (χ0n) is 10.9. The summed E-state index contributed by atoms with van der Waals surface area (Å²) in [5, 5.41) is 14.2. The summed E-state index contributed by atoms with van der Waals surface area (Å²) in [6, 6.07) is -0.137. The number of carboxylic acids is 1. The molecular weight excluding hydrogens is 236 g/mol. The lowest BCUT2D eigenvalue weighted by Gasteiger charge is -2.29. The molecule has 1 fully saturated rings. The zero-order valence-corrected chi connectivity index (χ0v) is 10.9. The maximum absolute atomic E-state index is 11.6. The van der Waals surface area contributed by atoms with Crippen molar-refractivity contribution in [3.63, 3.8) is 0 Å². The van der Waals surface area contributed by atoms with Gasteiger partial charge in [0.2, 0.25) is 0 Å². The number of urea groups is 1. The van der Waals surface area contributed by atoms with E-state index in [0.29, 0.717) is 5.92 Å². The summed E-state index contributed by atoms with van der Waals surface area (Å²) in [5.74, 6) is -0.606. The number of amides is 2. The van der Waals surface area contributed by atoms with Crippen molar-refractivity contribution in [3.8, 4) is 0 Å². The first-order valence-electron chi connectivity index (χ1n) is 6.34. The van der Waals surface area contributed by atoms with Gasteiger partial charge in [0.25, 0.3) is 0 Å². The number of hydrogen-bond donors (Lipinski definition) is 3. The highest BCUT2D eigenvalue weighted by Gasteiger charge is 2.23. The summed E-state index contributed by atoms with van der Waals surface area (Å²) in [5.41, 5.74) is 0. The predicted octanol–water partition coefficient (Wildman–Crippen LogP) is 0.964. The van der Waals surface area contributed by atoms with Crippen LogP contribution in [-0.2, 0) is 9.53 Å². The van der Waals surface area contributed by atoms with Crippen molar-refractivity contribution < 1.29 is 19.4 Å². The summed E-state index contributed by atoms with van der Waals surface area (Å²) in [7, 11) is 1.31. The van der Waals surface area contributed by atoms with E-state index < -0.39 is 12.1 Å². The molecule has 0 aliphatic heterocycles. The average molecular weight is 258 g/mol. The van der Waals surface area contributed by atoms with E-state index in [1.807, 2.05) is 0 Å². The van der Waals surface area contributed by atoms with Gasteiger partial charge in [0, 0.05) is 13.2 Å². The Hall–Kier alpha value is -1.30. The fourth-order valence-corrected chi connectivity index (χ4v) is 2.21. The number of ether oxygens (including phenoxy) is 1. The summed E-state index contributed by atoms with van der Waals surface area (Å²) in [6.07, 6.45) is 3.46. The Morgan fingerprint density at radius 2 is 2.06 bits per heavy atom. The van der Waals surface area contributed by atoms with Gasteiger partial charge >= 0.3 is 12.0 Å². The van der Waals surface area contributed by atoms with Gasteiger partial charge in [0.05, 0.1) is 6.54 Å². The predicted molar refractivity (Wildman–Crippen MR) is 66.4 cm³/mol. The Morgan fingerprint density at radius 1 is 1.39 bits per heavy atom. The van der Waals surface area contributed by atoms with E-state index in [1.165, 1.54) is 13.5 Å². The van der Waals surface area contributed by atoms with Gasteiger partial charge in [-0.15, -0.1) is 0 Å². The minimum Gasteiger partial charge on any atom is -0.479 e. The van der Waals surface area contributed by atoms with Crippen LogP contribution in [0.4, 0.5) is 4.79 Å². The quantitative estimate of drug-likeness (QED) is 0.685. The second-order valence-corrected chi connectivity index (χ2v) is 4.79. The Labute approximate surface area is 107 Å². The number of aliphatic carboxylic acids is 1. The van der Waals surface area contributed by atoms with E-state index in [-0.39, 0.29) is 18.6 Å². The summed E-state index contributed by atoms with van der Waals surface area (Å²) >= 11 is 0. The SMILES string of the molecule is COC(CNC(=O)NC1CCCCC1C)C(=O)O. The maximum Gasteiger partial charge on any atom is 0.334 e. The molecule has 0 aromatic carbocycles. The van der Waals surface area contributed by atoms with Gasteiger partial charge in [-0.3, -0.25) is 0 Å². The van der Waals surface area contributed by atoms with E-state index >= 15 is 0 Å². The molecule has 0 radical (unpaired) electrons. The molecule has 0 spiro atoms. The number of hydrogen-bond acceptors (Lipinski definition) is 3. The largest absolute Gasteiger partial charge is 0.479 e. The molecule has 0 aromatic heterocycles. The first kappa shape index (κ1) is 14.8. The van der Waals surface area contributed by atoms with E-state index in [0.717, 1.165) is 19.3 Å². The second kappa shape index (κ2) is 7.20. The van der Waals surface area contributed by atoms with Crippen molar-refractivity contribution in [2.45, 2.75) is 44.8 Å². The van der Waals surface area contributed by atoms with Crippen LogP contribution < -0.4 is 10.6 Å². The third-order valence-electron chi connectivity index (χ3n) is 3.44. The molecule has 18 heavy (non-hydrogen) atoms. The van der Waals surface area contributed by atoms with E-state index in [2.05, 4.69) is 17.6 Å². The van der Waals surface area contributed by atoms with Crippen LogP contribution in [0.3, 0.4) is 0 Å². The van der Waals surface area contributed by atoms with E-state index in [4.69, 9.17) is 9.84 Å². The molecule has 3 atom stereocenters. The molecule has 0 heterocycles. The van der Waals surface area contributed by atoms with Crippen LogP contribution in [-0.4, -0.2) is 42.9 Å². The van der Waals surface area contributed by atoms with Crippen LogP contribution in [0.5, 0.6) is 0 Å². The van der Waals surface area contributed by atoms with Crippen molar-refractivity contribution >= 4 is 12.0 Å². The molecule has 1 aliphatic rings. The van der Waals surface area contributed by atoms with Crippen molar-refractivity contribution in [3.05, 3.63) is 0 Å². The molecular formula is C12H22N2O4. The third kappa shape index (κ3) is 4.52. The van der Waals surface area contributed by atoms with Crippen LogP contribution in [0, 0.1) is 5.92 Å². The molecule has 0 aromatic rings. The smallest absolute Gasteiger partial charge is 0.334 e. The van der Waals surface area contributed by atoms with Crippen LogP contribution in [0.2, 0.25) is 0 Å². The number of methoxy groups -OCH3 is 1. The maximum atomic E-state index is 11.6. The standard InChI is InChI=1S/C12H22N2O4/c1-8-5-3-4-6-9(8)14-12(17)13-7-10(18-2)11(15)16/h8-10H,3-7H2,1-2H3,(H,15,16)(H2,13,14,17). The Balaban J connectivity index is 2.30. The summed E-state index contributed by atoms with van der Waals surface area (Å²) in [6.45, 7) is 2.10. The fourth-order valence-electron chi connectivity index (χ4n) is 2.21. The van der Waals surface area contributed by atoms with Gasteiger partial charge < -0.3 is 20.5 Å². The van der Waals surface area contributed by atoms with Crippen LogP contribution in [0.1, 0.15) is 32.6 Å². The van der Waals surface area contributed by atoms with Gasteiger partial charge in [0.15, 0.2) is 6.10 Å². The summed E-state index contributed by atoms with van der Waals surface area (Å²) in [4.78, 5) is 22.3. The number of nitrogens with one attached hydrogen (secondary N) is 2. The normalized spacial score (nSPS) is 25.2. The Bertz CT molecular complexity index is 296. The molecule has 3 N–H and O–H groups in total. The van der Waals surface area contributed by atoms with E-state index in [9.17, 15) is 9.59 Å². The molecule has 3 unspecified atom stereocenters. The number of carbonyl (C=O) groups is 2. The zero-order chi connectivity index (χ0) is 13.5. The van der Waals surface area contributed by atoms with Gasteiger partial charge in [-0.2, -0.15) is 0 Å². The molecule has 6 nitrogen and oxygen atoms in total. The minimum atomic E-state index is -1.08. The Kier molecular flexibility index (Phi) is 5.91. The van der Waals surface area contributed by atoms with Gasteiger partial charge in [0.1, 0.15) is 0 Å². The van der Waals surface area contributed by atoms with Gasteiger partial charge in [-0.1, -0.05) is 19.8 Å². The monoisotopic (exact) mass is 258 g/mol. The second-order valence-electron chi connectivity index (χ2n) is 4.79. The molecule has 1 aliphatic carbocycles. The third-order valence-corrected chi connectivity index (χ3v) is 3.44. The number of carbonyl (C=O) groups excluding carboxylic acids is 1. The highest BCUT2D eigenvalue weighted by Crippen LogP contribution is 2.23. The number of carboxylic acid groups (broad SMARTS) is 1. The molecule has 1 saturated carbocycles. The van der Waals surface area contributed by atoms with Crippen LogP contribution >= 0.6 is 0 Å². The van der Waals surface area contributed by atoms with E-state index in [1.54, 1.807) is 0 Å². The highest BCUT2D eigenvalue weighted by molar-refractivity contribution is 5.77. The molecule has 6 heteroatoms. The van der Waals surface area contributed by atoms with Gasteiger partial charge in [-0.05, 0) is 18.8 Å². The lowest BCUT2D eigenvalue weighted by molar-refractivity contribution is -0.147. The topological polar surface area (TPSA) is 87.7 Å². The Morgan fingerprint density at radius 3 is 2.61 bits per heavy atom. The lowest BCUT2D eigenvalue weighted by Crippen LogP contribution is -2.48. The van der Waals surface area contributed by atoms with Crippen LogP contribution in [0.15, 0.2) is 0 Å². The molecule has 104 valence electrons. The number of rotatable bonds is 5. The fraction of sp³-hybridized carbons (Fsp3) is 0.833. The molecule has 1 rings (SSSR count). The van der Waals surface area contributed by atoms with Crippen LogP contribution in [0.25, 0.3) is 0 Å².